The second-order valence-electron chi connectivity index (χ2n) is 7.35. The quantitative estimate of drug-likeness (QED) is 0.633. The van der Waals surface area contributed by atoms with Crippen molar-refractivity contribution in [2.45, 2.75) is 58.5 Å². The average Bonchev–Trinajstić information content (AvgIpc) is 2.85. The van der Waals surface area contributed by atoms with E-state index in [1.165, 1.54) is 30.6 Å². The van der Waals surface area contributed by atoms with E-state index in [-0.39, 0.29) is 5.54 Å². The zero-order valence-electron chi connectivity index (χ0n) is 16.1. The number of aryl methyl sites for hydroxylation is 2. The van der Waals surface area contributed by atoms with Crippen LogP contribution in [0.2, 0.25) is 0 Å². The normalized spacial score (nSPS) is 25.1. The van der Waals surface area contributed by atoms with Crippen LogP contribution in [0.5, 0.6) is 0 Å². The first kappa shape index (κ1) is 19.2. The first-order chi connectivity index (χ1) is 11.4. The van der Waals surface area contributed by atoms with E-state index >= 15 is 0 Å². The Kier molecular flexibility index (Phi) is 6.63. The summed E-state index contributed by atoms with van der Waals surface area (Å²) in [5, 5.41) is 8.06. The molecule has 1 fully saturated rings. The molecule has 1 aliphatic rings. The van der Waals surface area contributed by atoms with Gasteiger partial charge in [0.1, 0.15) is 5.01 Å². The standard InChI is InChI=1S/C18H33N5S/c1-13-8-7-9-18(10-13,23(5)6)12-21-17(19-4)20-11-16-22-14(2)15(3)24-16/h13H,7-12H2,1-6H3,(H2,19,20,21). The first-order valence-electron chi connectivity index (χ1n) is 8.91. The molecule has 2 unspecified atom stereocenters. The maximum Gasteiger partial charge on any atom is 0.191 e. The number of aromatic nitrogens is 1. The number of thiazole rings is 1. The molecule has 2 N–H and O–H groups in total. The van der Waals surface area contributed by atoms with Crippen molar-refractivity contribution in [1.29, 1.82) is 0 Å². The summed E-state index contributed by atoms with van der Waals surface area (Å²) >= 11 is 1.75. The fourth-order valence-corrected chi connectivity index (χ4v) is 4.47. The lowest BCUT2D eigenvalue weighted by Gasteiger charge is -2.45. The molecule has 0 radical (unpaired) electrons. The molecule has 0 aliphatic heterocycles. The number of guanidine groups is 1. The number of aliphatic imine (C=N–C) groups is 1. The monoisotopic (exact) mass is 351 g/mol. The summed E-state index contributed by atoms with van der Waals surface area (Å²) in [6.45, 7) is 8.21. The lowest BCUT2D eigenvalue weighted by atomic mass is 9.75. The molecule has 1 aromatic heterocycles. The second-order valence-corrected chi connectivity index (χ2v) is 8.64. The van der Waals surface area contributed by atoms with Gasteiger partial charge in [0.05, 0.1) is 12.2 Å². The average molecular weight is 352 g/mol. The van der Waals surface area contributed by atoms with Gasteiger partial charge in [-0.05, 0) is 46.7 Å². The SMILES string of the molecule is CN=C(NCc1nc(C)c(C)s1)NCC1(N(C)C)CCCC(C)C1. The maximum absolute atomic E-state index is 4.58. The van der Waals surface area contributed by atoms with Crippen molar-refractivity contribution in [2.75, 3.05) is 27.7 Å². The molecule has 6 heteroatoms. The van der Waals surface area contributed by atoms with Crippen molar-refractivity contribution in [3.8, 4) is 0 Å². The predicted octanol–water partition coefficient (Wildman–Crippen LogP) is 2.94. The van der Waals surface area contributed by atoms with Crippen LogP contribution in [0.4, 0.5) is 0 Å². The van der Waals surface area contributed by atoms with E-state index < -0.39 is 0 Å². The molecule has 0 saturated heterocycles. The summed E-state index contributed by atoms with van der Waals surface area (Å²) in [4.78, 5) is 12.7. The van der Waals surface area contributed by atoms with E-state index in [1.807, 2.05) is 7.05 Å². The third-order valence-electron chi connectivity index (χ3n) is 5.30. The Morgan fingerprint density at radius 2 is 2.12 bits per heavy atom. The van der Waals surface area contributed by atoms with Crippen LogP contribution >= 0.6 is 11.3 Å². The van der Waals surface area contributed by atoms with Crippen molar-refractivity contribution >= 4 is 17.3 Å². The second kappa shape index (κ2) is 8.30. The predicted molar refractivity (Wildman–Crippen MR) is 104 cm³/mol. The summed E-state index contributed by atoms with van der Waals surface area (Å²) in [5.74, 6) is 1.65. The van der Waals surface area contributed by atoms with Gasteiger partial charge in [-0.25, -0.2) is 4.98 Å². The number of hydrogen-bond acceptors (Lipinski definition) is 4. The molecule has 0 bridgehead atoms. The van der Waals surface area contributed by atoms with Gasteiger partial charge < -0.3 is 15.5 Å². The van der Waals surface area contributed by atoms with Crippen molar-refractivity contribution < 1.29 is 0 Å². The Balaban J connectivity index is 1.92. The molecular weight excluding hydrogens is 318 g/mol. The van der Waals surface area contributed by atoms with Gasteiger partial charge in [0.2, 0.25) is 0 Å². The highest BCUT2D eigenvalue weighted by Gasteiger charge is 2.36. The van der Waals surface area contributed by atoms with E-state index in [0.29, 0.717) is 0 Å². The summed E-state index contributed by atoms with van der Waals surface area (Å²) in [7, 11) is 6.24. The number of hydrogen-bond donors (Lipinski definition) is 2. The Morgan fingerprint density at radius 1 is 1.38 bits per heavy atom. The van der Waals surface area contributed by atoms with E-state index in [0.717, 1.165) is 35.7 Å². The molecule has 0 spiro atoms. The molecule has 2 atom stereocenters. The Labute approximate surface area is 151 Å². The van der Waals surface area contributed by atoms with Crippen LogP contribution in [0.25, 0.3) is 0 Å². The highest BCUT2D eigenvalue weighted by molar-refractivity contribution is 7.11. The molecule has 0 aromatic carbocycles. The minimum absolute atomic E-state index is 0.226. The molecule has 0 amide bonds. The molecule has 2 rings (SSSR count). The molecule has 1 aliphatic carbocycles. The minimum Gasteiger partial charge on any atom is -0.355 e. The van der Waals surface area contributed by atoms with Crippen LogP contribution in [-0.2, 0) is 6.54 Å². The van der Waals surface area contributed by atoms with Crippen LogP contribution in [0.1, 0.15) is 48.2 Å². The van der Waals surface area contributed by atoms with E-state index in [9.17, 15) is 0 Å². The minimum atomic E-state index is 0.226. The van der Waals surface area contributed by atoms with Crippen LogP contribution in [-0.4, -0.2) is 49.1 Å². The highest BCUT2D eigenvalue weighted by Crippen LogP contribution is 2.35. The topological polar surface area (TPSA) is 52.6 Å². The van der Waals surface area contributed by atoms with Gasteiger partial charge in [-0.1, -0.05) is 19.8 Å². The number of rotatable bonds is 5. The molecule has 1 aromatic rings. The van der Waals surface area contributed by atoms with Crippen molar-refractivity contribution in [3.63, 3.8) is 0 Å². The van der Waals surface area contributed by atoms with Gasteiger partial charge >= 0.3 is 0 Å². The van der Waals surface area contributed by atoms with Gasteiger partial charge in [0, 0.05) is 24.0 Å². The lowest BCUT2D eigenvalue weighted by molar-refractivity contribution is 0.0795. The Morgan fingerprint density at radius 3 is 2.67 bits per heavy atom. The van der Waals surface area contributed by atoms with E-state index in [1.54, 1.807) is 11.3 Å². The molecule has 24 heavy (non-hydrogen) atoms. The Hall–Kier alpha value is -1.14. The zero-order valence-corrected chi connectivity index (χ0v) is 16.9. The van der Waals surface area contributed by atoms with E-state index in [2.05, 4.69) is 60.4 Å². The largest absolute Gasteiger partial charge is 0.355 e. The molecule has 136 valence electrons. The maximum atomic E-state index is 4.58. The fraction of sp³-hybridized carbons (Fsp3) is 0.778. The number of nitrogens with one attached hydrogen (secondary N) is 2. The molecule has 1 heterocycles. The molecular formula is C18H33N5S. The van der Waals surface area contributed by atoms with Gasteiger partial charge in [-0.15, -0.1) is 11.3 Å². The first-order valence-corrected chi connectivity index (χ1v) is 9.73. The summed E-state index contributed by atoms with van der Waals surface area (Å²) in [6, 6.07) is 0. The smallest absolute Gasteiger partial charge is 0.191 e. The fourth-order valence-electron chi connectivity index (χ4n) is 3.60. The van der Waals surface area contributed by atoms with Gasteiger partial charge in [-0.3, -0.25) is 4.99 Å². The highest BCUT2D eigenvalue weighted by atomic mass is 32.1. The lowest BCUT2D eigenvalue weighted by Crippen LogP contribution is -2.56. The summed E-state index contributed by atoms with van der Waals surface area (Å²) < 4.78 is 0. The summed E-state index contributed by atoms with van der Waals surface area (Å²) in [6.07, 6.45) is 5.16. The van der Waals surface area contributed by atoms with Crippen molar-refractivity contribution in [1.82, 2.24) is 20.5 Å². The van der Waals surface area contributed by atoms with Crippen LogP contribution < -0.4 is 10.6 Å². The van der Waals surface area contributed by atoms with Gasteiger partial charge in [0.25, 0.3) is 0 Å². The van der Waals surface area contributed by atoms with Crippen LogP contribution in [0.3, 0.4) is 0 Å². The zero-order chi connectivity index (χ0) is 17.7. The van der Waals surface area contributed by atoms with Crippen LogP contribution in [0.15, 0.2) is 4.99 Å². The van der Waals surface area contributed by atoms with Gasteiger partial charge in [-0.2, -0.15) is 0 Å². The third-order valence-corrected chi connectivity index (χ3v) is 6.38. The third kappa shape index (κ3) is 4.70. The molecule has 5 nitrogen and oxygen atoms in total. The van der Waals surface area contributed by atoms with Crippen molar-refractivity contribution in [3.05, 3.63) is 15.6 Å². The number of likely N-dealkylation sites (N-methyl/N-ethyl adjacent to an activating group) is 1. The number of nitrogens with zero attached hydrogens (tertiary/aromatic N) is 3. The van der Waals surface area contributed by atoms with Gasteiger partial charge in [0.15, 0.2) is 5.96 Å². The van der Waals surface area contributed by atoms with Crippen molar-refractivity contribution in [2.24, 2.45) is 10.9 Å². The van der Waals surface area contributed by atoms with Crippen LogP contribution in [0, 0.1) is 19.8 Å². The van der Waals surface area contributed by atoms with E-state index in [4.69, 9.17) is 0 Å². The summed E-state index contributed by atoms with van der Waals surface area (Å²) in [5.41, 5.74) is 1.35. The Bertz CT molecular complexity index is 546. The molecule has 1 saturated carbocycles.